The Balaban J connectivity index is 1.17. The number of aryl methyl sites for hydroxylation is 1. The number of fused-ring (bicyclic) bond motifs is 12. The average molecular weight is 934 g/mol. The molecule has 4 aliphatic carbocycles. The summed E-state index contributed by atoms with van der Waals surface area (Å²) in [6.45, 7) is 24.4. The summed E-state index contributed by atoms with van der Waals surface area (Å²) < 4.78 is 2.66. The summed E-state index contributed by atoms with van der Waals surface area (Å²) in [5.41, 5.74) is 26.8. The largest absolute Gasteiger partial charge is 0.353 e. The molecule has 6 aliphatic rings. The highest BCUT2D eigenvalue weighted by Crippen LogP contribution is 2.61. The van der Waals surface area contributed by atoms with Crippen LogP contribution < -0.4 is 26.3 Å². The molecule has 3 nitrogen and oxygen atoms in total. The predicted octanol–water partition coefficient (Wildman–Crippen LogP) is 16.5. The van der Waals surface area contributed by atoms with Crippen LogP contribution in [0.4, 0.5) is 34.1 Å². The van der Waals surface area contributed by atoms with Crippen molar-refractivity contribution >= 4 is 68.3 Å². The first-order valence-corrected chi connectivity index (χ1v) is 27.8. The van der Waals surface area contributed by atoms with Crippen LogP contribution in [0.1, 0.15) is 191 Å². The number of benzene rings is 6. The predicted molar refractivity (Wildman–Crippen MR) is 305 cm³/mol. The van der Waals surface area contributed by atoms with Crippen molar-refractivity contribution in [2.45, 2.75) is 179 Å². The summed E-state index contributed by atoms with van der Waals surface area (Å²) in [7, 11) is 2.41. The molecule has 71 heavy (non-hydrogen) atoms. The van der Waals surface area contributed by atoms with E-state index in [2.05, 4.69) is 200 Å². The molecule has 2 fully saturated rings. The zero-order valence-electron chi connectivity index (χ0n) is 44.9. The van der Waals surface area contributed by atoms with Crippen LogP contribution >= 0.6 is 0 Å². The highest BCUT2D eigenvalue weighted by molar-refractivity contribution is 7.00. The Bertz CT molecular complexity index is 3320. The fourth-order valence-electron chi connectivity index (χ4n) is 15.2. The quantitative estimate of drug-likeness (QED) is 0.164. The zero-order chi connectivity index (χ0) is 49.1. The van der Waals surface area contributed by atoms with Crippen LogP contribution in [-0.2, 0) is 34.1 Å². The van der Waals surface area contributed by atoms with Crippen molar-refractivity contribution in [3.63, 3.8) is 0 Å². The van der Waals surface area contributed by atoms with Crippen LogP contribution in [0.3, 0.4) is 0 Å². The van der Waals surface area contributed by atoms with Crippen LogP contribution in [0.2, 0.25) is 0 Å². The highest BCUT2D eigenvalue weighted by atomic mass is 15.2. The molecule has 362 valence electrons. The van der Waals surface area contributed by atoms with Gasteiger partial charge in [-0.1, -0.05) is 168 Å². The van der Waals surface area contributed by atoms with Crippen molar-refractivity contribution in [2.24, 2.45) is 7.05 Å². The van der Waals surface area contributed by atoms with Gasteiger partial charge in [-0.2, -0.15) is 0 Å². The summed E-state index contributed by atoms with van der Waals surface area (Å²) in [5.74, 6) is 0.660. The van der Waals surface area contributed by atoms with Crippen molar-refractivity contribution in [1.29, 1.82) is 0 Å². The van der Waals surface area contributed by atoms with Crippen molar-refractivity contribution < 1.29 is 0 Å². The minimum Gasteiger partial charge on any atom is -0.353 e. The van der Waals surface area contributed by atoms with Crippen molar-refractivity contribution in [3.8, 4) is 11.1 Å². The molecule has 4 heteroatoms. The van der Waals surface area contributed by atoms with E-state index in [0.29, 0.717) is 5.92 Å². The molecule has 0 N–H and O–H groups in total. The molecule has 0 radical (unpaired) electrons. The molecule has 2 aliphatic heterocycles. The van der Waals surface area contributed by atoms with Crippen LogP contribution in [-0.4, -0.2) is 11.3 Å². The van der Waals surface area contributed by atoms with Gasteiger partial charge in [0.05, 0.1) is 11.4 Å². The van der Waals surface area contributed by atoms with Crippen LogP contribution in [0.15, 0.2) is 109 Å². The highest BCUT2D eigenvalue weighted by Gasteiger charge is 2.50. The molecule has 0 atom stereocenters. The summed E-state index contributed by atoms with van der Waals surface area (Å²) in [6, 6.07) is 45.0. The monoisotopic (exact) mass is 934 g/mol. The molecule has 7 aromatic rings. The summed E-state index contributed by atoms with van der Waals surface area (Å²) in [5, 5.41) is 1.38. The van der Waals surface area contributed by atoms with E-state index >= 15 is 0 Å². The maximum atomic E-state index is 2.83. The lowest BCUT2D eigenvalue weighted by molar-refractivity contribution is 0.332. The van der Waals surface area contributed by atoms with Gasteiger partial charge in [-0.05, 0) is 170 Å². The number of hydrogen-bond acceptors (Lipinski definition) is 2. The van der Waals surface area contributed by atoms with Crippen LogP contribution in [0.5, 0.6) is 0 Å². The SMILES string of the molecule is Cn1c2c(c3cc4c(cc31)C(C)(C)CCC4(C)C)N(c1cccc3c1-c1ccccc1C31CCCCC1)c1cc(C(C)(C)C)cc3c1B2c1cc(C(C)(C)C)ccc1N3c1ccc(C2CCCCC2)cc1. The molecule has 0 saturated heterocycles. The molecule has 1 spiro atoms. The van der Waals surface area contributed by atoms with E-state index in [0.717, 1.165) is 0 Å². The Morgan fingerprint density at radius 1 is 0.535 bits per heavy atom. The molecule has 0 amide bonds. The number of anilines is 6. The molecule has 1 aromatic heterocycles. The van der Waals surface area contributed by atoms with Gasteiger partial charge < -0.3 is 14.4 Å². The van der Waals surface area contributed by atoms with Gasteiger partial charge in [-0.25, -0.2) is 0 Å². The Kier molecular flexibility index (Phi) is 9.92. The third-order valence-electron chi connectivity index (χ3n) is 19.4. The zero-order valence-corrected chi connectivity index (χ0v) is 44.9. The molecule has 6 aromatic carbocycles. The molecule has 3 heterocycles. The lowest BCUT2D eigenvalue weighted by atomic mass is 9.34. The van der Waals surface area contributed by atoms with Crippen LogP contribution in [0, 0.1) is 0 Å². The minimum absolute atomic E-state index is 0.0134. The number of aromatic nitrogens is 1. The molecule has 0 unspecified atom stereocenters. The standard InChI is InChI=1S/C67H76BN3/c1-63(2,3)44-29-32-54-53(37-44)68-60-57(70(54)46-30-27-43(28-31-46)42-21-14-12-15-22-42)38-45(64(4,5)6)39-58(60)71(55-26-20-25-50-59(55)47-23-16-17-24-49(47)67(50)33-18-13-19-34-67)61-48-40-51-52(41-56(48)69(11)62(61)68)66(9,10)36-35-65(51,7)8/h16-17,20,23-32,37-42H,12-15,18-19,21-22,33-36H2,1-11H3. The van der Waals surface area contributed by atoms with Crippen molar-refractivity contribution in [2.75, 3.05) is 9.80 Å². The maximum Gasteiger partial charge on any atom is 0.272 e. The smallest absolute Gasteiger partial charge is 0.272 e. The Morgan fingerprint density at radius 2 is 1.17 bits per heavy atom. The van der Waals surface area contributed by atoms with Crippen molar-refractivity contribution in [3.05, 3.63) is 148 Å². The maximum absolute atomic E-state index is 2.83. The third-order valence-corrected chi connectivity index (χ3v) is 19.4. The van der Waals surface area contributed by atoms with Gasteiger partial charge in [0.25, 0.3) is 6.71 Å². The fourth-order valence-corrected chi connectivity index (χ4v) is 15.2. The van der Waals surface area contributed by atoms with E-state index in [9.17, 15) is 0 Å². The van der Waals surface area contributed by atoms with E-state index in [1.54, 1.807) is 11.1 Å². The summed E-state index contributed by atoms with van der Waals surface area (Å²) >= 11 is 0. The van der Waals surface area contributed by atoms with E-state index in [-0.39, 0.29) is 33.8 Å². The Hall–Kier alpha value is -5.48. The van der Waals surface area contributed by atoms with Crippen molar-refractivity contribution in [1.82, 2.24) is 4.57 Å². The molecule has 2 saturated carbocycles. The second-order valence-electron chi connectivity index (χ2n) is 26.6. The number of nitrogens with zero attached hydrogens (tertiary/aromatic N) is 3. The van der Waals surface area contributed by atoms with Gasteiger partial charge in [0.1, 0.15) is 0 Å². The fraction of sp³-hybridized carbons (Fsp3) is 0.433. The second-order valence-corrected chi connectivity index (χ2v) is 26.6. The first-order valence-electron chi connectivity index (χ1n) is 27.8. The van der Waals surface area contributed by atoms with Gasteiger partial charge in [-0.3, -0.25) is 0 Å². The summed E-state index contributed by atoms with van der Waals surface area (Å²) in [4.78, 5) is 5.50. The minimum atomic E-state index is -0.106. The van der Waals surface area contributed by atoms with Crippen LogP contribution in [0.25, 0.3) is 22.0 Å². The van der Waals surface area contributed by atoms with Gasteiger partial charge in [0.15, 0.2) is 0 Å². The lowest BCUT2D eigenvalue weighted by Crippen LogP contribution is -2.63. The summed E-state index contributed by atoms with van der Waals surface area (Å²) in [6.07, 6.45) is 15.4. The Labute approximate surface area is 426 Å². The molecular weight excluding hydrogens is 858 g/mol. The normalized spacial score (nSPS) is 19.6. The molecule has 13 rings (SSSR count). The van der Waals surface area contributed by atoms with E-state index in [1.807, 2.05) is 0 Å². The first-order chi connectivity index (χ1) is 33.9. The topological polar surface area (TPSA) is 11.4 Å². The second kappa shape index (κ2) is 15.5. The third kappa shape index (κ3) is 6.60. The van der Waals surface area contributed by atoms with Gasteiger partial charge >= 0.3 is 0 Å². The molecule has 0 bridgehead atoms. The van der Waals surface area contributed by atoms with E-state index in [4.69, 9.17) is 0 Å². The van der Waals surface area contributed by atoms with Gasteiger partial charge in [0.2, 0.25) is 0 Å². The molecular formula is C67H76BN3. The van der Waals surface area contributed by atoms with E-state index < -0.39 is 0 Å². The average Bonchev–Trinajstić information content (AvgIpc) is 3.79. The van der Waals surface area contributed by atoms with E-state index in [1.165, 1.54) is 178 Å². The lowest BCUT2D eigenvalue weighted by Gasteiger charge is -2.45. The van der Waals surface area contributed by atoms with Gasteiger partial charge in [-0.15, -0.1) is 0 Å². The number of rotatable bonds is 3. The Morgan fingerprint density at radius 3 is 1.86 bits per heavy atom. The number of hydrogen-bond donors (Lipinski definition) is 0. The first kappa shape index (κ1) is 45.4. The van der Waals surface area contributed by atoms with Gasteiger partial charge in [0, 0.05) is 57.3 Å².